The smallest absolute Gasteiger partial charge is 0.300 e. The third kappa shape index (κ3) is 3.23. The molecule has 1 aromatic heterocycles. The van der Waals surface area contributed by atoms with Crippen molar-refractivity contribution in [3.05, 3.63) is 82.1 Å². The summed E-state index contributed by atoms with van der Waals surface area (Å²) in [5.41, 5.74) is 0.924. The number of aliphatic hydroxyl groups is 1. The third-order valence-corrected chi connectivity index (χ3v) is 5.89. The minimum atomic E-state index is -0.747. The van der Waals surface area contributed by atoms with Crippen LogP contribution in [0.3, 0.4) is 0 Å². The molecule has 0 aliphatic carbocycles. The SMILES string of the molecule is COc1ccc(N2C(=O)C(=O)/C(=C(\O)c3ccccc3OC)C2c2cccs2)cc1. The highest BCUT2D eigenvalue weighted by atomic mass is 32.1. The Labute approximate surface area is 177 Å². The molecule has 1 aliphatic heterocycles. The van der Waals surface area contributed by atoms with Gasteiger partial charge in [0.05, 0.1) is 25.4 Å². The monoisotopic (exact) mass is 421 g/mol. The fraction of sp³-hybridized carbons (Fsp3) is 0.130. The van der Waals surface area contributed by atoms with Gasteiger partial charge in [-0.15, -0.1) is 11.3 Å². The topological polar surface area (TPSA) is 76.1 Å². The molecule has 0 saturated carbocycles. The van der Waals surface area contributed by atoms with Gasteiger partial charge in [-0.05, 0) is 47.8 Å². The van der Waals surface area contributed by atoms with E-state index in [1.165, 1.54) is 23.3 Å². The minimum Gasteiger partial charge on any atom is -0.507 e. The first kappa shape index (κ1) is 19.7. The maximum atomic E-state index is 13.1. The van der Waals surface area contributed by atoms with Gasteiger partial charge < -0.3 is 14.6 Å². The predicted molar refractivity (Wildman–Crippen MR) is 115 cm³/mol. The Bertz CT molecular complexity index is 1120. The predicted octanol–water partition coefficient (Wildman–Crippen LogP) is 4.39. The largest absolute Gasteiger partial charge is 0.507 e. The molecule has 6 nitrogen and oxygen atoms in total. The van der Waals surface area contributed by atoms with E-state index in [2.05, 4.69) is 0 Å². The average Bonchev–Trinajstić information content (AvgIpc) is 3.40. The van der Waals surface area contributed by atoms with Crippen molar-refractivity contribution in [2.24, 2.45) is 0 Å². The number of para-hydroxylation sites is 1. The first-order valence-corrected chi connectivity index (χ1v) is 10.1. The number of hydrogen-bond acceptors (Lipinski definition) is 6. The van der Waals surface area contributed by atoms with Crippen molar-refractivity contribution >= 4 is 34.5 Å². The zero-order valence-corrected chi connectivity index (χ0v) is 17.2. The minimum absolute atomic E-state index is 0.0303. The van der Waals surface area contributed by atoms with Crippen LogP contribution in [-0.4, -0.2) is 31.0 Å². The molecule has 3 aromatic rings. The molecule has 1 atom stereocenters. The van der Waals surface area contributed by atoms with E-state index in [9.17, 15) is 14.7 Å². The molecule has 1 fully saturated rings. The van der Waals surface area contributed by atoms with Crippen molar-refractivity contribution in [1.82, 2.24) is 0 Å². The van der Waals surface area contributed by atoms with Gasteiger partial charge in [-0.25, -0.2) is 0 Å². The number of aliphatic hydroxyl groups excluding tert-OH is 1. The number of ketones is 1. The van der Waals surface area contributed by atoms with E-state index in [4.69, 9.17) is 9.47 Å². The van der Waals surface area contributed by atoms with Crippen LogP contribution in [0, 0.1) is 0 Å². The number of nitrogens with zero attached hydrogens (tertiary/aromatic N) is 1. The Kier molecular flexibility index (Phi) is 5.29. The molecule has 30 heavy (non-hydrogen) atoms. The molecule has 4 rings (SSSR count). The van der Waals surface area contributed by atoms with E-state index in [1.54, 1.807) is 55.6 Å². The Morgan fingerprint density at radius 1 is 0.967 bits per heavy atom. The third-order valence-electron chi connectivity index (χ3n) is 4.97. The molecule has 1 N–H and O–H groups in total. The maximum Gasteiger partial charge on any atom is 0.300 e. The molecule has 2 aromatic carbocycles. The van der Waals surface area contributed by atoms with Crippen molar-refractivity contribution in [3.63, 3.8) is 0 Å². The first-order valence-electron chi connectivity index (χ1n) is 9.18. The lowest BCUT2D eigenvalue weighted by Crippen LogP contribution is -2.29. The lowest BCUT2D eigenvalue weighted by Gasteiger charge is -2.24. The number of thiophene rings is 1. The van der Waals surface area contributed by atoms with Crippen LogP contribution < -0.4 is 14.4 Å². The maximum absolute atomic E-state index is 13.1. The molecular formula is C23H19NO5S. The molecule has 0 bridgehead atoms. The van der Waals surface area contributed by atoms with Gasteiger partial charge in [0.1, 0.15) is 23.3 Å². The molecular weight excluding hydrogens is 402 g/mol. The van der Waals surface area contributed by atoms with Crippen molar-refractivity contribution in [2.45, 2.75) is 6.04 Å². The van der Waals surface area contributed by atoms with Crippen LogP contribution in [0.4, 0.5) is 5.69 Å². The van der Waals surface area contributed by atoms with E-state index >= 15 is 0 Å². The number of carbonyl (C=O) groups is 2. The molecule has 1 amide bonds. The second kappa shape index (κ2) is 8.04. The number of benzene rings is 2. The Morgan fingerprint density at radius 2 is 1.70 bits per heavy atom. The summed E-state index contributed by atoms with van der Waals surface area (Å²) in [4.78, 5) is 28.3. The summed E-state index contributed by atoms with van der Waals surface area (Å²) in [5.74, 6) is -0.657. The van der Waals surface area contributed by atoms with Gasteiger partial charge >= 0.3 is 0 Å². The second-order valence-electron chi connectivity index (χ2n) is 6.58. The summed E-state index contributed by atoms with van der Waals surface area (Å²) in [7, 11) is 3.04. The fourth-order valence-corrected chi connectivity index (χ4v) is 4.37. The summed E-state index contributed by atoms with van der Waals surface area (Å²) in [5, 5.41) is 13.0. The van der Waals surface area contributed by atoms with Gasteiger partial charge in [0.15, 0.2) is 0 Å². The van der Waals surface area contributed by atoms with Gasteiger partial charge in [-0.2, -0.15) is 0 Å². The number of carbonyl (C=O) groups excluding carboxylic acids is 2. The standard InChI is InChI=1S/C23H19NO5S/c1-28-15-11-9-14(10-12-15)24-20(18-8-5-13-30-18)19(22(26)23(24)27)21(25)16-6-3-4-7-17(16)29-2/h3-13,20,25H,1-2H3/b21-19-. The van der Waals surface area contributed by atoms with Gasteiger partial charge in [-0.1, -0.05) is 18.2 Å². The van der Waals surface area contributed by atoms with Crippen LogP contribution in [0.15, 0.2) is 71.6 Å². The molecule has 152 valence electrons. The van der Waals surface area contributed by atoms with Crippen LogP contribution in [0.1, 0.15) is 16.5 Å². The number of hydrogen-bond donors (Lipinski definition) is 1. The van der Waals surface area contributed by atoms with Crippen LogP contribution >= 0.6 is 11.3 Å². The molecule has 7 heteroatoms. The zero-order chi connectivity index (χ0) is 21.3. The summed E-state index contributed by atoms with van der Waals surface area (Å²) in [6, 6.07) is 16.7. The highest BCUT2D eigenvalue weighted by Crippen LogP contribution is 2.44. The lowest BCUT2D eigenvalue weighted by atomic mass is 9.99. The van der Waals surface area contributed by atoms with Crippen LogP contribution in [-0.2, 0) is 9.59 Å². The number of amides is 1. The van der Waals surface area contributed by atoms with E-state index < -0.39 is 17.7 Å². The van der Waals surface area contributed by atoms with Gasteiger partial charge in [0.25, 0.3) is 11.7 Å². The average molecular weight is 421 g/mol. The van der Waals surface area contributed by atoms with Gasteiger partial charge in [-0.3, -0.25) is 14.5 Å². The van der Waals surface area contributed by atoms with Crippen molar-refractivity contribution < 1.29 is 24.2 Å². The molecule has 1 saturated heterocycles. The number of ether oxygens (including phenoxy) is 2. The van der Waals surface area contributed by atoms with Crippen molar-refractivity contribution in [2.75, 3.05) is 19.1 Å². The highest BCUT2D eigenvalue weighted by molar-refractivity contribution is 7.10. The number of methoxy groups -OCH3 is 2. The van der Waals surface area contributed by atoms with Crippen molar-refractivity contribution in [3.8, 4) is 11.5 Å². The van der Waals surface area contributed by atoms with Gasteiger partial charge in [0.2, 0.25) is 0 Å². The summed E-state index contributed by atoms with van der Waals surface area (Å²) in [6.07, 6.45) is 0. The normalized spacial score (nSPS) is 17.9. The summed E-state index contributed by atoms with van der Waals surface area (Å²) in [6.45, 7) is 0. The Morgan fingerprint density at radius 3 is 2.33 bits per heavy atom. The van der Waals surface area contributed by atoms with E-state index in [1.807, 2.05) is 17.5 Å². The fourth-order valence-electron chi connectivity index (χ4n) is 3.54. The van der Waals surface area contributed by atoms with E-state index in [0.29, 0.717) is 22.7 Å². The summed E-state index contributed by atoms with van der Waals surface area (Å²) >= 11 is 1.41. The lowest BCUT2D eigenvalue weighted by molar-refractivity contribution is -0.132. The number of rotatable bonds is 5. The highest BCUT2D eigenvalue weighted by Gasteiger charge is 2.47. The number of Topliss-reactive ketones (excluding diaryl/α,β-unsaturated/α-hetero) is 1. The number of anilines is 1. The molecule has 1 unspecified atom stereocenters. The van der Waals surface area contributed by atoms with E-state index in [-0.39, 0.29) is 11.3 Å². The zero-order valence-electron chi connectivity index (χ0n) is 16.4. The molecule has 1 aliphatic rings. The quantitative estimate of drug-likeness (QED) is 0.376. The van der Waals surface area contributed by atoms with E-state index in [0.717, 1.165) is 4.88 Å². The Hall–Kier alpha value is -3.58. The second-order valence-corrected chi connectivity index (χ2v) is 7.56. The van der Waals surface area contributed by atoms with Crippen LogP contribution in [0.2, 0.25) is 0 Å². The van der Waals surface area contributed by atoms with Crippen LogP contribution in [0.25, 0.3) is 5.76 Å². The molecule has 2 heterocycles. The van der Waals surface area contributed by atoms with Crippen molar-refractivity contribution in [1.29, 1.82) is 0 Å². The van der Waals surface area contributed by atoms with Crippen LogP contribution in [0.5, 0.6) is 11.5 Å². The molecule has 0 spiro atoms. The summed E-state index contributed by atoms with van der Waals surface area (Å²) < 4.78 is 10.5. The molecule has 0 radical (unpaired) electrons. The Balaban J connectivity index is 1.91. The van der Waals surface area contributed by atoms with Gasteiger partial charge in [0, 0.05) is 10.6 Å². The first-order chi connectivity index (χ1) is 14.6.